The number of carbonyl (C=O) groups is 2. The smallest absolute Gasteiger partial charge is 0.261 e. The summed E-state index contributed by atoms with van der Waals surface area (Å²) in [5.41, 5.74) is -0.378. The summed E-state index contributed by atoms with van der Waals surface area (Å²) in [5, 5.41) is 4.28. The number of morpholine rings is 1. The molecule has 1 aromatic carbocycles. The molecule has 16 heteroatoms. The molecule has 0 bridgehead atoms. The van der Waals surface area contributed by atoms with E-state index in [1.165, 1.54) is 0 Å². The third-order valence-electron chi connectivity index (χ3n) is 11.6. The van der Waals surface area contributed by atoms with Crippen LogP contribution in [0.25, 0.3) is 22.3 Å². The minimum Gasteiger partial charge on any atom is -0.379 e. The predicted octanol–water partition coefficient (Wildman–Crippen LogP) is 7.15. The highest BCUT2D eigenvalue weighted by Gasteiger charge is 2.55. The number of pyridine rings is 2. The van der Waals surface area contributed by atoms with E-state index in [4.69, 9.17) is 26.3 Å². The zero-order valence-corrected chi connectivity index (χ0v) is 31.3. The van der Waals surface area contributed by atoms with Crippen LogP contribution in [-0.2, 0) is 14.9 Å². The van der Waals surface area contributed by atoms with E-state index in [2.05, 4.69) is 27.4 Å². The fourth-order valence-corrected chi connectivity index (χ4v) is 8.36. The molecule has 2 amide bonds. The van der Waals surface area contributed by atoms with Crippen molar-refractivity contribution < 1.29 is 31.9 Å². The standard InChI is InChI=1S/C38H41ClF4N8O3/c1-19(2)50-18-45-25-14-23(46-32(30(25)50)47-24-13-22(27(39)29(41)28(24)40)33(52)48-38(6-7-38)34(42)43)20-12-26-31(44-17-20)36(3,4)35(53)51(26)21-15-37(5,16-21)49-8-10-54-11-9-49/h12-14,17-19,21,34H,6-11,15-16H2,1-5H3,(H,46,47)(H,48,52). The average molecular weight is 769 g/mol. The maximum Gasteiger partial charge on any atom is 0.261 e. The molecule has 0 radical (unpaired) electrons. The van der Waals surface area contributed by atoms with Crippen LogP contribution in [0.3, 0.4) is 0 Å². The molecule has 3 fully saturated rings. The summed E-state index contributed by atoms with van der Waals surface area (Å²) in [4.78, 5) is 45.7. The molecule has 0 unspecified atom stereocenters. The SMILES string of the molecule is CC(C)n1cnc2cc(-c3cnc4c(c3)N(C3CC(C)(N5CCOCC5)C3)C(=O)C4(C)C)nc(Nc3cc(C(=O)NC4(C(F)F)CC4)c(Cl)c(F)c3F)c21. The third kappa shape index (κ3) is 5.81. The molecule has 1 saturated heterocycles. The number of carbonyl (C=O) groups excluding carboxylic acids is 2. The number of hydrogen-bond acceptors (Lipinski definition) is 8. The van der Waals surface area contributed by atoms with E-state index in [0.717, 1.165) is 32.0 Å². The van der Waals surface area contributed by atoms with Crippen LogP contribution in [0.4, 0.5) is 34.8 Å². The van der Waals surface area contributed by atoms with E-state index in [-0.39, 0.29) is 42.2 Å². The summed E-state index contributed by atoms with van der Waals surface area (Å²) in [5.74, 6) is -3.90. The Morgan fingerprint density at radius 3 is 2.39 bits per heavy atom. The van der Waals surface area contributed by atoms with Gasteiger partial charge in [0.1, 0.15) is 11.1 Å². The van der Waals surface area contributed by atoms with E-state index >= 15 is 8.78 Å². The number of benzene rings is 1. The van der Waals surface area contributed by atoms with Crippen molar-refractivity contribution in [2.24, 2.45) is 0 Å². The van der Waals surface area contributed by atoms with Gasteiger partial charge in [-0.15, -0.1) is 0 Å². The number of imidazole rings is 1. The zero-order chi connectivity index (χ0) is 38.5. The highest BCUT2D eigenvalue weighted by molar-refractivity contribution is 6.34. The Bertz CT molecular complexity index is 2190. The highest BCUT2D eigenvalue weighted by Crippen LogP contribution is 2.50. The first-order valence-electron chi connectivity index (χ1n) is 18.1. The summed E-state index contributed by atoms with van der Waals surface area (Å²) >= 11 is 6.06. The summed E-state index contributed by atoms with van der Waals surface area (Å²) in [7, 11) is 0. The first-order valence-corrected chi connectivity index (χ1v) is 18.5. The number of hydrogen-bond donors (Lipinski definition) is 2. The Labute approximate surface area is 314 Å². The third-order valence-corrected chi connectivity index (χ3v) is 12.0. The van der Waals surface area contributed by atoms with Crippen molar-refractivity contribution in [1.29, 1.82) is 0 Å². The number of nitrogens with zero attached hydrogens (tertiary/aromatic N) is 6. The Hall–Kier alpha value is -4.34. The minimum absolute atomic E-state index is 0.0259. The van der Waals surface area contributed by atoms with Crippen LogP contribution in [0, 0.1) is 11.6 Å². The van der Waals surface area contributed by atoms with Crippen molar-refractivity contribution in [2.45, 2.75) is 95.3 Å². The van der Waals surface area contributed by atoms with Crippen molar-refractivity contribution >= 4 is 51.6 Å². The molecule has 54 heavy (non-hydrogen) atoms. The van der Waals surface area contributed by atoms with Crippen LogP contribution in [0.15, 0.2) is 30.7 Å². The number of rotatable bonds is 9. The summed E-state index contributed by atoms with van der Waals surface area (Å²) < 4.78 is 65.5. The molecule has 8 rings (SSSR count). The quantitative estimate of drug-likeness (QED) is 0.136. The molecule has 4 aromatic rings. The number of ether oxygens (including phenoxy) is 1. The van der Waals surface area contributed by atoms with Gasteiger partial charge in [0.25, 0.3) is 12.3 Å². The molecule has 2 aliphatic heterocycles. The maximum atomic E-state index is 15.6. The Kier molecular flexibility index (Phi) is 8.73. The van der Waals surface area contributed by atoms with Crippen LogP contribution in [-0.4, -0.2) is 86.1 Å². The summed E-state index contributed by atoms with van der Waals surface area (Å²) in [6.07, 6.45) is 2.10. The monoisotopic (exact) mass is 768 g/mol. The molecule has 4 aliphatic rings. The molecule has 2 saturated carbocycles. The lowest BCUT2D eigenvalue weighted by atomic mass is 9.71. The zero-order valence-electron chi connectivity index (χ0n) is 30.6. The van der Waals surface area contributed by atoms with Gasteiger partial charge in [0.05, 0.1) is 63.8 Å². The molecule has 0 spiro atoms. The van der Waals surface area contributed by atoms with Gasteiger partial charge >= 0.3 is 0 Å². The normalized spacial score (nSPS) is 23.2. The lowest BCUT2D eigenvalue weighted by Gasteiger charge is -2.55. The van der Waals surface area contributed by atoms with E-state index < -0.39 is 51.2 Å². The molecule has 3 aromatic heterocycles. The number of alkyl halides is 2. The lowest BCUT2D eigenvalue weighted by Crippen LogP contribution is -2.65. The van der Waals surface area contributed by atoms with E-state index in [9.17, 15) is 18.4 Å². The first kappa shape index (κ1) is 36.6. The van der Waals surface area contributed by atoms with Gasteiger partial charge in [-0.3, -0.25) is 19.5 Å². The predicted molar refractivity (Wildman–Crippen MR) is 196 cm³/mol. The van der Waals surface area contributed by atoms with Gasteiger partial charge < -0.3 is 24.8 Å². The average Bonchev–Trinajstić information content (AvgIpc) is 3.73. The van der Waals surface area contributed by atoms with Crippen molar-refractivity contribution in [3.8, 4) is 11.3 Å². The van der Waals surface area contributed by atoms with Crippen LogP contribution in [0.2, 0.25) is 5.02 Å². The van der Waals surface area contributed by atoms with Crippen molar-refractivity contribution in [3.05, 3.63) is 58.6 Å². The molecule has 2 aliphatic carbocycles. The van der Waals surface area contributed by atoms with Crippen LogP contribution in [0.5, 0.6) is 0 Å². The van der Waals surface area contributed by atoms with Gasteiger partial charge in [-0.1, -0.05) is 11.6 Å². The lowest BCUT2D eigenvalue weighted by molar-refractivity contribution is -0.124. The van der Waals surface area contributed by atoms with E-state index in [1.54, 1.807) is 23.2 Å². The second-order valence-electron chi connectivity index (χ2n) is 16.0. The Morgan fingerprint density at radius 1 is 1.04 bits per heavy atom. The molecule has 5 heterocycles. The van der Waals surface area contributed by atoms with Crippen molar-refractivity contribution in [3.63, 3.8) is 0 Å². The number of aromatic nitrogens is 4. The van der Waals surface area contributed by atoms with Gasteiger partial charge in [-0.2, -0.15) is 0 Å². The van der Waals surface area contributed by atoms with Crippen LogP contribution in [0.1, 0.15) is 82.4 Å². The van der Waals surface area contributed by atoms with Gasteiger partial charge in [-0.25, -0.2) is 27.5 Å². The topological polar surface area (TPSA) is 118 Å². The second kappa shape index (κ2) is 12.9. The fourth-order valence-electron chi connectivity index (χ4n) is 8.13. The van der Waals surface area contributed by atoms with Gasteiger partial charge in [0.2, 0.25) is 5.91 Å². The van der Waals surface area contributed by atoms with Crippen molar-refractivity contribution in [1.82, 2.24) is 29.7 Å². The number of anilines is 3. The van der Waals surface area contributed by atoms with E-state index in [1.807, 2.05) is 38.7 Å². The molecule has 11 nitrogen and oxygen atoms in total. The second-order valence-corrected chi connectivity index (χ2v) is 16.3. The fraction of sp³-hybridized carbons (Fsp3) is 0.500. The molecular formula is C38H41ClF4N8O3. The summed E-state index contributed by atoms with van der Waals surface area (Å²) in [6, 6.07) is 4.49. The van der Waals surface area contributed by atoms with Gasteiger partial charge in [0, 0.05) is 42.5 Å². The largest absolute Gasteiger partial charge is 0.379 e. The first-order chi connectivity index (χ1) is 25.5. The molecule has 2 N–H and O–H groups in total. The highest BCUT2D eigenvalue weighted by atomic mass is 35.5. The Balaban J connectivity index is 1.17. The number of fused-ring (bicyclic) bond motifs is 2. The maximum absolute atomic E-state index is 15.6. The Morgan fingerprint density at radius 2 is 1.74 bits per heavy atom. The summed E-state index contributed by atoms with van der Waals surface area (Å²) in [6.45, 7) is 12.9. The van der Waals surface area contributed by atoms with Crippen LogP contribution < -0.4 is 15.5 Å². The van der Waals surface area contributed by atoms with Gasteiger partial charge in [-0.05, 0) is 78.5 Å². The van der Waals surface area contributed by atoms with Gasteiger partial charge in [0.15, 0.2) is 17.5 Å². The minimum atomic E-state index is -2.84. The number of nitrogens with one attached hydrogen (secondary N) is 2. The number of amides is 2. The van der Waals surface area contributed by atoms with Crippen LogP contribution >= 0.6 is 11.6 Å². The van der Waals surface area contributed by atoms with E-state index in [0.29, 0.717) is 46.9 Å². The van der Waals surface area contributed by atoms with Crippen molar-refractivity contribution in [2.75, 3.05) is 36.5 Å². The molecule has 0 atom stereocenters. The molecular weight excluding hydrogens is 728 g/mol. The number of halogens is 5. The molecule has 286 valence electrons.